The molecule has 29 heavy (non-hydrogen) atoms. The van der Waals surface area contributed by atoms with E-state index in [1.165, 1.54) is 17.7 Å². The first-order valence-electron chi connectivity index (χ1n) is 10.5. The highest BCUT2D eigenvalue weighted by Gasteiger charge is 2.34. The minimum absolute atomic E-state index is 0.0490. The molecule has 4 N–H and O–H groups in total. The topological polar surface area (TPSA) is 97.1 Å². The highest BCUT2D eigenvalue weighted by Crippen LogP contribution is 2.44. The molecule has 2 aromatic rings. The van der Waals surface area contributed by atoms with Gasteiger partial charge in [-0.2, -0.15) is 0 Å². The van der Waals surface area contributed by atoms with Crippen molar-refractivity contribution < 1.29 is 9.59 Å². The van der Waals surface area contributed by atoms with Crippen LogP contribution >= 0.6 is 11.3 Å². The number of pyridine rings is 1. The zero-order valence-corrected chi connectivity index (χ0v) is 17.2. The Kier molecular flexibility index (Phi) is 4.78. The maximum Gasteiger partial charge on any atom is 0.254 e. The number of carbonyl (C=O) groups is 2. The molecule has 0 saturated heterocycles. The summed E-state index contributed by atoms with van der Waals surface area (Å²) in [6.07, 6.45) is 8.60. The lowest BCUT2D eigenvalue weighted by Gasteiger charge is -2.24. The van der Waals surface area contributed by atoms with Crippen LogP contribution in [0.4, 0.5) is 10.8 Å². The molecule has 0 spiro atoms. The van der Waals surface area contributed by atoms with Crippen molar-refractivity contribution in [3.63, 3.8) is 0 Å². The number of hydrogen-bond acceptors (Lipinski definition) is 5. The molecule has 7 heteroatoms. The number of aryl methyl sites for hydroxylation is 1. The van der Waals surface area contributed by atoms with Crippen molar-refractivity contribution in [2.75, 3.05) is 17.6 Å². The van der Waals surface area contributed by atoms with Gasteiger partial charge in [0, 0.05) is 23.5 Å². The van der Waals surface area contributed by atoms with E-state index in [2.05, 4.69) is 15.6 Å². The maximum absolute atomic E-state index is 13.1. The SMILES string of the molecule is Nc1ncccc1C1CCc2sc(NC(=O)C3CC3)c(C(=O)NCC3CC3)c2C1. The number of nitrogens with one attached hydrogen (secondary N) is 2. The highest BCUT2D eigenvalue weighted by molar-refractivity contribution is 7.17. The van der Waals surface area contributed by atoms with E-state index in [0.29, 0.717) is 17.3 Å². The molecule has 3 aliphatic carbocycles. The summed E-state index contributed by atoms with van der Waals surface area (Å²) in [7, 11) is 0. The van der Waals surface area contributed by atoms with Crippen LogP contribution in [0, 0.1) is 11.8 Å². The lowest BCUT2D eigenvalue weighted by molar-refractivity contribution is -0.117. The summed E-state index contributed by atoms with van der Waals surface area (Å²) >= 11 is 1.58. The van der Waals surface area contributed by atoms with Crippen LogP contribution in [0.25, 0.3) is 0 Å². The molecule has 152 valence electrons. The number of nitrogens with two attached hydrogens (primary N) is 1. The van der Waals surface area contributed by atoms with Gasteiger partial charge in [0.15, 0.2) is 0 Å². The van der Waals surface area contributed by atoms with Gasteiger partial charge in [-0.3, -0.25) is 9.59 Å². The number of fused-ring (bicyclic) bond motifs is 1. The van der Waals surface area contributed by atoms with Gasteiger partial charge in [0.25, 0.3) is 5.91 Å². The zero-order chi connectivity index (χ0) is 20.0. The lowest BCUT2D eigenvalue weighted by Crippen LogP contribution is -2.28. The van der Waals surface area contributed by atoms with Crippen molar-refractivity contribution >= 4 is 34.0 Å². The van der Waals surface area contributed by atoms with E-state index in [0.717, 1.165) is 54.8 Å². The van der Waals surface area contributed by atoms with E-state index in [1.807, 2.05) is 12.1 Å². The molecular formula is C22H26N4O2S. The smallest absolute Gasteiger partial charge is 0.254 e. The quantitative estimate of drug-likeness (QED) is 0.679. The minimum atomic E-state index is -0.0553. The Morgan fingerprint density at radius 1 is 1.21 bits per heavy atom. The minimum Gasteiger partial charge on any atom is -0.383 e. The molecule has 0 radical (unpaired) electrons. The number of rotatable bonds is 6. The summed E-state index contributed by atoms with van der Waals surface area (Å²) in [6, 6.07) is 3.95. The summed E-state index contributed by atoms with van der Waals surface area (Å²) in [4.78, 5) is 31.0. The second-order valence-electron chi connectivity index (χ2n) is 8.54. The van der Waals surface area contributed by atoms with Gasteiger partial charge in [0.05, 0.1) is 5.56 Å². The summed E-state index contributed by atoms with van der Waals surface area (Å²) < 4.78 is 0. The van der Waals surface area contributed by atoms with Crippen molar-refractivity contribution in [1.29, 1.82) is 0 Å². The average Bonchev–Trinajstić information content (AvgIpc) is 3.62. The Hall–Kier alpha value is -2.41. The third-order valence-corrected chi connectivity index (χ3v) is 7.44. The monoisotopic (exact) mass is 410 g/mol. The molecule has 0 bridgehead atoms. The third-order valence-electron chi connectivity index (χ3n) is 6.23. The number of anilines is 2. The fourth-order valence-corrected chi connectivity index (χ4v) is 5.40. The first-order chi connectivity index (χ1) is 14.1. The van der Waals surface area contributed by atoms with E-state index in [1.54, 1.807) is 17.5 Å². The first kappa shape index (κ1) is 18.6. The number of thiophene rings is 1. The highest BCUT2D eigenvalue weighted by atomic mass is 32.1. The number of nitrogens with zero attached hydrogens (tertiary/aromatic N) is 1. The number of aromatic nitrogens is 1. The van der Waals surface area contributed by atoms with Crippen molar-refractivity contribution in [3.05, 3.63) is 39.9 Å². The fraction of sp³-hybridized carbons (Fsp3) is 0.500. The van der Waals surface area contributed by atoms with Gasteiger partial charge in [-0.25, -0.2) is 4.98 Å². The van der Waals surface area contributed by atoms with Gasteiger partial charge < -0.3 is 16.4 Å². The Balaban J connectivity index is 1.45. The first-order valence-corrected chi connectivity index (χ1v) is 11.4. The van der Waals surface area contributed by atoms with Crippen LogP contribution in [0.1, 0.15) is 64.4 Å². The molecule has 2 heterocycles. The van der Waals surface area contributed by atoms with Crippen LogP contribution in [0.3, 0.4) is 0 Å². The molecule has 2 amide bonds. The summed E-state index contributed by atoms with van der Waals surface area (Å²) in [5, 5.41) is 6.88. The Morgan fingerprint density at radius 3 is 2.76 bits per heavy atom. The Labute approximate surface area is 174 Å². The van der Waals surface area contributed by atoms with Crippen LogP contribution in [-0.4, -0.2) is 23.3 Å². The summed E-state index contributed by atoms with van der Waals surface area (Å²) in [6.45, 7) is 0.721. The fourth-order valence-electron chi connectivity index (χ4n) is 4.16. The molecule has 6 nitrogen and oxygen atoms in total. The molecule has 5 rings (SSSR count). The maximum atomic E-state index is 13.1. The number of carbonyl (C=O) groups excluding carboxylic acids is 2. The normalized spacial score (nSPS) is 20.8. The van der Waals surface area contributed by atoms with Crippen LogP contribution in [0.5, 0.6) is 0 Å². The van der Waals surface area contributed by atoms with Gasteiger partial charge in [0.2, 0.25) is 5.91 Å². The second kappa shape index (κ2) is 7.44. The van der Waals surface area contributed by atoms with Gasteiger partial charge >= 0.3 is 0 Å². The van der Waals surface area contributed by atoms with Crippen molar-refractivity contribution in [3.8, 4) is 0 Å². The molecule has 2 fully saturated rings. The number of amides is 2. The lowest BCUT2D eigenvalue weighted by atomic mass is 9.82. The molecule has 0 aromatic carbocycles. The Morgan fingerprint density at radius 2 is 2.03 bits per heavy atom. The van der Waals surface area contributed by atoms with Crippen LogP contribution < -0.4 is 16.4 Å². The molecular weight excluding hydrogens is 384 g/mol. The standard InChI is InChI=1S/C22H26N4O2S/c23-19-15(2-1-9-24-19)14-7-8-17-16(10-14)18(21(28)25-11-12-3-4-12)22(29-17)26-20(27)13-5-6-13/h1-2,9,12-14H,3-8,10-11H2,(H2,23,24)(H,25,28)(H,26,27). The van der Waals surface area contributed by atoms with Crippen LogP contribution in [0.2, 0.25) is 0 Å². The molecule has 2 saturated carbocycles. The van der Waals surface area contributed by atoms with E-state index < -0.39 is 0 Å². The van der Waals surface area contributed by atoms with Crippen LogP contribution in [0.15, 0.2) is 18.3 Å². The van der Waals surface area contributed by atoms with Gasteiger partial charge in [-0.05, 0) is 74.0 Å². The van der Waals surface area contributed by atoms with Crippen LogP contribution in [-0.2, 0) is 17.6 Å². The van der Waals surface area contributed by atoms with Gasteiger partial charge in [0.1, 0.15) is 10.8 Å². The molecule has 3 aliphatic rings. The summed E-state index contributed by atoms with van der Waals surface area (Å²) in [5.74, 6) is 1.53. The second-order valence-corrected chi connectivity index (χ2v) is 9.65. The van der Waals surface area contributed by atoms with Crippen molar-refractivity contribution in [2.24, 2.45) is 11.8 Å². The predicted molar refractivity (Wildman–Crippen MR) is 114 cm³/mol. The Bertz CT molecular complexity index is 962. The van der Waals surface area contributed by atoms with E-state index in [9.17, 15) is 9.59 Å². The van der Waals surface area contributed by atoms with Gasteiger partial charge in [-0.1, -0.05) is 6.07 Å². The van der Waals surface area contributed by atoms with Crippen molar-refractivity contribution in [2.45, 2.75) is 50.9 Å². The number of hydrogen-bond donors (Lipinski definition) is 3. The van der Waals surface area contributed by atoms with E-state index in [-0.39, 0.29) is 23.7 Å². The molecule has 1 atom stereocenters. The molecule has 2 aromatic heterocycles. The molecule has 0 aliphatic heterocycles. The molecule has 1 unspecified atom stereocenters. The van der Waals surface area contributed by atoms with Crippen molar-refractivity contribution in [1.82, 2.24) is 10.3 Å². The van der Waals surface area contributed by atoms with E-state index in [4.69, 9.17) is 5.73 Å². The number of nitrogen functional groups attached to an aromatic ring is 1. The van der Waals surface area contributed by atoms with Gasteiger partial charge in [-0.15, -0.1) is 11.3 Å². The zero-order valence-electron chi connectivity index (χ0n) is 16.4. The van der Waals surface area contributed by atoms with E-state index >= 15 is 0 Å². The largest absolute Gasteiger partial charge is 0.383 e. The summed E-state index contributed by atoms with van der Waals surface area (Å²) in [5.41, 5.74) is 8.93. The average molecular weight is 411 g/mol. The third kappa shape index (κ3) is 3.88. The predicted octanol–water partition coefficient (Wildman–Crippen LogP) is 3.49.